The number of pyridine rings is 1. The van der Waals surface area contributed by atoms with Gasteiger partial charge < -0.3 is 10.2 Å². The van der Waals surface area contributed by atoms with Crippen molar-refractivity contribution in [2.45, 2.75) is 26.8 Å². The van der Waals surface area contributed by atoms with Crippen molar-refractivity contribution in [2.24, 2.45) is 0 Å². The predicted molar refractivity (Wildman–Crippen MR) is 85.4 cm³/mol. The fourth-order valence-electron chi connectivity index (χ4n) is 2.40. The van der Waals surface area contributed by atoms with Crippen LogP contribution >= 0.6 is 0 Å². The second kappa shape index (κ2) is 7.18. The van der Waals surface area contributed by atoms with Crippen LogP contribution in [0, 0.1) is 5.82 Å². The van der Waals surface area contributed by atoms with E-state index in [1.54, 1.807) is 12.3 Å². The highest BCUT2D eigenvalue weighted by Crippen LogP contribution is 2.26. The first kappa shape index (κ1) is 15.4. The van der Waals surface area contributed by atoms with Gasteiger partial charge in [0.2, 0.25) is 0 Å². The van der Waals surface area contributed by atoms with Gasteiger partial charge in [-0.25, -0.2) is 9.37 Å². The molecule has 4 heteroatoms. The number of rotatable bonds is 6. The zero-order valence-electron chi connectivity index (χ0n) is 12.8. The van der Waals surface area contributed by atoms with Crippen LogP contribution in [0.2, 0.25) is 0 Å². The Hall–Kier alpha value is -1.94. The first-order chi connectivity index (χ1) is 10.2. The molecule has 0 bridgehead atoms. The average molecular weight is 287 g/mol. The highest BCUT2D eigenvalue weighted by atomic mass is 19.1. The molecule has 0 aliphatic carbocycles. The smallest absolute Gasteiger partial charge is 0.133 e. The minimum absolute atomic E-state index is 0.233. The molecule has 0 fully saturated rings. The van der Waals surface area contributed by atoms with E-state index in [1.165, 1.54) is 17.7 Å². The van der Waals surface area contributed by atoms with Crippen LogP contribution in [0.3, 0.4) is 0 Å². The Balaban J connectivity index is 2.32. The first-order valence-corrected chi connectivity index (χ1v) is 7.38. The van der Waals surface area contributed by atoms with E-state index in [1.807, 2.05) is 24.0 Å². The van der Waals surface area contributed by atoms with Crippen molar-refractivity contribution in [1.29, 1.82) is 0 Å². The topological polar surface area (TPSA) is 28.2 Å². The van der Waals surface area contributed by atoms with E-state index >= 15 is 0 Å². The lowest BCUT2D eigenvalue weighted by Gasteiger charge is -2.23. The normalized spacial score (nSPS) is 12.2. The zero-order valence-corrected chi connectivity index (χ0v) is 12.8. The number of aromatic nitrogens is 1. The van der Waals surface area contributed by atoms with Crippen molar-refractivity contribution in [3.63, 3.8) is 0 Å². The molecular weight excluding hydrogens is 265 g/mol. The van der Waals surface area contributed by atoms with Crippen molar-refractivity contribution >= 4 is 11.5 Å². The Morgan fingerprint density at radius 1 is 1.24 bits per heavy atom. The summed E-state index contributed by atoms with van der Waals surface area (Å²) in [5.41, 5.74) is 2.00. The van der Waals surface area contributed by atoms with E-state index in [0.717, 1.165) is 24.6 Å². The Kier molecular flexibility index (Phi) is 5.28. The number of hydrogen-bond acceptors (Lipinski definition) is 3. The summed E-state index contributed by atoms with van der Waals surface area (Å²) in [6.07, 6.45) is 1.81. The van der Waals surface area contributed by atoms with Gasteiger partial charge in [0, 0.05) is 24.5 Å². The maximum atomic E-state index is 13.4. The summed E-state index contributed by atoms with van der Waals surface area (Å²) >= 11 is 0. The van der Waals surface area contributed by atoms with Crippen molar-refractivity contribution in [1.82, 2.24) is 10.3 Å². The second-order valence-electron chi connectivity index (χ2n) is 4.95. The molecule has 1 heterocycles. The number of benzene rings is 1. The number of nitrogens with one attached hydrogen (secondary N) is 1. The number of nitrogens with zero attached hydrogens (tertiary/aromatic N) is 2. The number of halogens is 1. The van der Waals surface area contributed by atoms with Gasteiger partial charge in [-0.2, -0.15) is 0 Å². The summed E-state index contributed by atoms with van der Waals surface area (Å²) in [7, 11) is 0. The van der Waals surface area contributed by atoms with E-state index in [2.05, 4.69) is 30.2 Å². The largest absolute Gasteiger partial charge is 0.327 e. The second-order valence-corrected chi connectivity index (χ2v) is 4.95. The van der Waals surface area contributed by atoms with Crippen molar-refractivity contribution in [3.05, 3.63) is 54.0 Å². The summed E-state index contributed by atoms with van der Waals surface area (Å²) in [5, 5.41) is 3.39. The fraction of sp³-hybridized carbons (Fsp3) is 0.353. The third-order valence-electron chi connectivity index (χ3n) is 3.49. The highest BCUT2D eigenvalue weighted by Gasteiger charge is 2.12. The molecule has 1 N–H and O–H groups in total. The van der Waals surface area contributed by atoms with Crippen LogP contribution in [0.5, 0.6) is 0 Å². The van der Waals surface area contributed by atoms with Crippen LogP contribution in [-0.4, -0.2) is 18.1 Å². The standard InChI is InChI=1S/C17H22FN3/c1-4-19-13(3)14-9-10-20-17(11-14)21(5-2)16-8-6-7-15(18)12-16/h6-13,19H,4-5H2,1-3H3. The van der Waals surface area contributed by atoms with Gasteiger partial charge in [0.05, 0.1) is 0 Å². The third-order valence-corrected chi connectivity index (χ3v) is 3.49. The fourth-order valence-corrected chi connectivity index (χ4v) is 2.40. The number of hydrogen-bond donors (Lipinski definition) is 1. The average Bonchev–Trinajstić information content (AvgIpc) is 2.49. The molecule has 0 saturated heterocycles. The lowest BCUT2D eigenvalue weighted by Crippen LogP contribution is -2.20. The summed E-state index contributed by atoms with van der Waals surface area (Å²) < 4.78 is 13.4. The van der Waals surface area contributed by atoms with Crippen LogP contribution in [0.1, 0.15) is 32.4 Å². The molecule has 1 aromatic heterocycles. The van der Waals surface area contributed by atoms with Gasteiger partial charge in [0.15, 0.2) is 0 Å². The van der Waals surface area contributed by atoms with Gasteiger partial charge in [0.1, 0.15) is 11.6 Å². The maximum Gasteiger partial charge on any atom is 0.133 e. The molecule has 0 spiro atoms. The lowest BCUT2D eigenvalue weighted by atomic mass is 10.1. The quantitative estimate of drug-likeness (QED) is 0.868. The molecule has 0 aliphatic rings. The maximum absolute atomic E-state index is 13.4. The van der Waals surface area contributed by atoms with Crippen LogP contribution in [0.15, 0.2) is 42.6 Å². The minimum atomic E-state index is -0.233. The first-order valence-electron chi connectivity index (χ1n) is 7.38. The molecule has 21 heavy (non-hydrogen) atoms. The molecule has 2 rings (SSSR count). The summed E-state index contributed by atoms with van der Waals surface area (Å²) in [4.78, 5) is 6.44. The molecule has 1 unspecified atom stereocenters. The molecule has 112 valence electrons. The highest BCUT2D eigenvalue weighted by molar-refractivity contribution is 5.60. The van der Waals surface area contributed by atoms with Crippen LogP contribution in [-0.2, 0) is 0 Å². The molecule has 1 atom stereocenters. The molecule has 3 nitrogen and oxygen atoms in total. The Morgan fingerprint density at radius 3 is 2.71 bits per heavy atom. The van der Waals surface area contributed by atoms with E-state index in [9.17, 15) is 4.39 Å². The van der Waals surface area contributed by atoms with E-state index < -0.39 is 0 Å². The van der Waals surface area contributed by atoms with Gasteiger partial charge in [0.25, 0.3) is 0 Å². The minimum Gasteiger partial charge on any atom is -0.327 e. The van der Waals surface area contributed by atoms with Gasteiger partial charge in [-0.1, -0.05) is 13.0 Å². The monoisotopic (exact) mass is 287 g/mol. The molecule has 0 aliphatic heterocycles. The van der Waals surface area contributed by atoms with E-state index in [4.69, 9.17) is 0 Å². The Bertz CT molecular complexity index is 586. The van der Waals surface area contributed by atoms with Crippen molar-refractivity contribution in [3.8, 4) is 0 Å². The van der Waals surface area contributed by atoms with Gasteiger partial charge in [-0.15, -0.1) is 0 Å². The molecule has 1 aromatic carbocycles. The van der Waals surface area contributed by atoms with Crippen molar-refractivity contribution < 1.29 is 4.39 Å². The molecular formula is C17H22FN3. The summed E-state index contributed by atoms with van der Waals surface area (Å²) in [5.74, 6) is 0.605. The Labute approximate surface area is 125 Å². The molecule has 0 radical (unpaired) electrons. The summed E-state index contributed by atoms with van der Waals surface area (Å²) in [6, 6.07) is 10.9. The number of anilines is 2. The predicted octanol–water partition coefficient (Wildman–Crippen LogP) is 4.05. The van der Waals surface area contributed by atoms with Gasteiger partial charge in [-0.3, -0.25) is 0 Å². The molecule has 2 aromatic rings. The third kappa shape index (κ3) is 3.79. The lowest BCUT2D eigenvalue weighted by molar-refractivity contribution is 0.597. The molecule has 0 amide bonds. The zero-order chi connectivity index (χ0) is 15.2. The van der Waals surface area contributed by atoms with Crippen LogP contribution < -0.4 is 10.2 Å². The Morgan fingerprint density at radius 2 is 2.05 bits per heavy atom. The van der Waals surface area contributed by atoms with E-state index in [-0.39, 0.29) is 11.9 Å². The van der Waals surface area contributed by atoms with Crippen molar-refractivity contribution in [2.75, 3.05) is 18.0 Å². The summed E-state index contributed by atoms with van der Waals surface area (Å²) in [6.45, 7) is 7.90. The van der Waals surface area contributed by atoms with Gasteiger partial charge >= 0.3 is 0 Å². The molecule has 0 saturated carbocycles. The van der Waals surface area contributed by atoms with Gasteiger partial charge in [-0.05, 0) is 56.3 Å². The van der Waals surface area contributed by atoms with Crippen LogP contribution in [0.25, 0.3) is 0 Å². The SMILES string of the molecule is CCNC(C)c1ccnc(N(CC)c2cccc(F)c2)c1. The van der Waals surface area contributed by atoms with Crippen LogP contribution in [0.4, 0.5) is 15.9 Å². The van der Waals surface area contributed by atoms with E-state index in [0.29, 0.717) is 0 Å².